The monoisotopic (exact) mass is 246 g/mol. The van der Waals surface area contributed by atoms with Gasteiger partial charge in [-0.2, -0.15) is 0 Å². The summed E-state index contributed by atoms with van der Waals surface area (Å²) in [6.07, 6.45) is 0. The van der Waals surface area contributed by atoms with Crippen molar-refractivity contribution < 1.29 is 19.1 Å². The van der Waals surface area contributed by atoms with Crippen LogP contribution in [-0.2, 0) is 19.1 Å². The van der Waals surface area contributed by atoms with Crippen LogP contribution in [0.5, 0.6) is 0 Å². The van der Waals surface area contributed by atoms with Crippen LogP contribution in [0.4, 0.5) is 0 Å². The molecule has 0 aromatic heterocycles. The van der Waals surface area contributed by atoms with E-state index in [2.05, 4.69) is 5.32 Å². The number of rotatable bonds is 8. The molecule has 1 N–H and O–H groups in total. The Morgan fingerprint density at radius 2 is 2.00 bits per heavy atom. The Morgan fingerprint density at radius 3 is 2.53 bits per heavy atom. The van der Waals surface area contributed by atoms with Gasteiger partial charge in [0.25, 0.3) is 0 Å². The minimum Gasteiger partial charge on any atom is -0.465 e. The molecule has 6 heteroatoms. The first kappa shape index (κ1) is 15.9. The molecule has 17 heavy (non-hydrogen) atoms. The van der Waals surface area contributed by atoms with E-state index < -0.39 is 0 Å². The molecule has 0 aromatic carbocycles. The van der Waals surface area contributed by atoms with Gasteiger partial charge in [0.15, 0.2) is 0 Å². The summed E-state index contributed by atoms with van der Waals surface area (Å²) < 4.78 is 9.68. The summed E-state index contributed by atoms with van der Waals surface area (Å²) in [6.45, 7) is 4.69. The summed E-state index contributed by atoms with van der Waals surface area (Å²) in [7, 11) is 3.27. The maximum Gasteiger partial charge on any atom is 0.320 e. The van der Waals surface area contributed by atoms with Crippen molar-refractivity contribution in [1.82, 2.24) is 10.2 Å². The van der Waals surface area contributed by atoms with Crippen LogP contribution in [0.25, 0.3) is 0 Å². The van der Waals surface area contributed by atoms with Crippen molar-refractivity contribution in [3.63, 3.8) is 0 Å². The Bertz CT molecular complexity index is 246. The third kappa shape index (κ3) is 8.65. The van der Waals surface area contributed by atoms with E-state index in [4.69, 9.17) is 9.47 Å². The molecule has 1 amide bonds. The molecule has 1 atom stereocenters. The second-order valence-corrected chi connectivity index (χ2v) is 3.90. The topological polar surface area (TPSA) is 67.9 Å². The lowest BCUT2D eigenvalue weighted by Crippen LogP contribution is -2.42. The first-order chi connectivity index (χ1) is 7.99. The van der Waals surface area contributed by atoms with Gasteiger partial charge >= 0.3 is 5.97 Å². The van der Waals surface area contributed by atoms with E-state index >= 15 is 0 Å². The fourth-order valence-electron chi connectivity index (χ4n) is 1.34. The van der Waals surface area contributed by atoms with E-state index in [0.717, 1.165) is 0 Å². The van der Waals surface area contributed by atoms with Crippen molar-refractivity contribution >= 4 is 11.9 Å². The zero-order chi connectivity index (χ0) is 13.3. The molecule has 0 heterocycles. The summed E-state index contributed by atoms with van der Waals surface area (Å²) in [6, 6.07) is -0.0384. The molecule has 0 aliphatic rings. The van der Waals surface area contributed by atoms with Gasteiger partial charge in [0.1, 0.15) is 0 Å². The molecular weight excluding hydrogens is 224 g/mol. The van der Waals surface area contributed by atoms with E-state index in [1.807, 2.05) is 6.92 Å². The highest BCUT2D eigenvalue weighted by Gasteiger charge is 2.12. The predicted octanol–water partition coefficient (Wildman–Crippen LogP) is -0.368. The van der Waals surface area contributed by atoms with Gasteiger partial charge in [-0.15, -0.1) is 0 Å². The lowest BCUT2D eigenvalue weighted by molar-refractivity contribution is -0.144. The molecule has 0 saturated heterocycles. The number of likely N-dealkylation sites (N-methyl/N-ethyl adjacent to an activating group) is 1. The molecule has 0 fully saturated rings. The number of carbonyl (C=O) groups is 2. The lowest BCUT2D eigenvalue weighted by Gasteiger charge is -2.17. The summed E-state index contributed by atoms with van der Waals surface area (Å²) in [5.74, 6) is -0.464. The van der Waals surface area contributed by atoms with Gasteiger partial charge in [0.2, 0.25) is 5.91 Å². The van der Waals surface area contributed by atoms with Crippen LogP contribution >= 0.6 is 0 Å². The standard InChI is InChI=1S/C11H22N2O4/c1-5-17-11(15)7-13(3)6-10(14)12-9(2)8-16-4/h9H,5-8H2,1-4H3,(H,12,14). The zero-order valence-electron chi connectivity index (χ0n) is 11.0. The van der Waals surface area contributed by atoms with Gasteiger partial charge in [-0.05, 0) is 20.9 Å². The molecule has 0 aromatic rings. The SMILES string of the molecule is CCOC(=O)CN(C)CC(=O)NC(C)COC. The number of hydrogen-bond donors (Lipinski definition) is 1. The van der Waals surface area contributed by atoms with Crippen LogP contribution in [-0.4, -0.2) is 63.3 Å². The third-order valence-corrected chi connectivity index (χ3v) is 1.94. The van der Waals surface area contributed by atoms with E-state index in [0.29, 0.717) is 13.2 Å². The number of methoxy groups -OCH3 is 1. The number of esters is 1. The second kappa shape index (κ2) is 8.95. The van der Waals surface area contributed by atoms with Crippen LogP contribution in [0.2, 0.25) is 0 Å². The average molecular weight is 246 g/mol. The quantitative estimate of drug-likeness (QED) is 0.592. The fourth-order valence-corrected chi connectivity index (χ4v) is 1.34. The van der Waals surface area contributed by atoms with E-state index in [9.17, 15) is 9.59 Å². The third-order valence-electron chi connectivity index (χ3n) is 1.94. The summed E-state index contributed by atoms with van der Waals surface area (Å²) in [5.41, 5.74) is 0. The summed E-state index contributed by atoms with van der Waals surface area (Å²) in [4.78, 5) is 24.3. The highest BCUT2D eigenvalue weighted by Crippen LogP contribution is 1.88. The van der Waals surface area contributed by atoms with Crippen LogP contribution in [0.15, 0.2) is 0 Å². The minimum absolute atomic E-state index is 0.0384. The summed E-state index contributed by atoms with van der Waals surface area (Å²) >= 11 is 0. The van der Waals surface area contributed by atoms with E-state index in [-0.39, 0.29) is 31.0 Å². The molecule has 100 valence electrons. The number of hydrogen-bond acceptors (Lipinski definition) is 5. The van der Waals surface area contributed by atoms with Crippen LogP contribution in [0.1, 0.15) is 13.8 Å². The molecule has 0 aliphatic carbocycles. The van der Waals surface area contributed by atoms with Crippen LogP contribution in [0, 0.1) is 0 Å². The van der Waals surface area contributed by atoms with E-state index in [1.54, 1.807) is 26.0 Å². The van der Waals surface area contributed by atoms with Gasteiger partial charge < -0.3 is 14.8 Å². The Balaban J connectivity index is 3.83. The number of nitrogens with zero attached hydrogens (tertiary/aromatic N) is 1. The highest BCUT2D eigenvalue weighted by atomic mass is 16.5. The number of carbonyl (C=O) groups excluding carboxylic acids is 2. The number of ether oxygens (including phenoxy) is 2. The average Bonchev–Trinajstić information content (AvgIpc) is 2.16. The molecule has 0 bridgehead atoms. The maximum absolute atomic E-state index is 11.5. The van der Waals surface area contributed by atoms with Crippen molar-refractivity contribution in [3.05, 3.63) is 0 Å². The van der Waals surface area contributed by atoms with Crippen molar-refractivity contribution in [1.29, 1.82) is 0 Å². The van der Waals surface area contributed by atoms with Crippen molar-refractivity contribution in [3.8, 4) is 0 Å². The smallest absolute Gasteiger partial charge is 0.320 e. The molecular formula is C11H22N2O4. The Morgan fingerprint density at radius 1 is 1.35 bits per heavy atom. The molecule has 1 unspecified atom stereocenters. The lowest BCUT2D eigenvalue weighted by atomic mass is 10.3. The van der Waals surface area contributed by atoms with Crippen molar-refractivity contribution in [2.45, 2.75) is 19.9 Å². The Hall–Kier alpha value is -1.14. The minimum atomic E-state index is -0.326. The van der Waals surface area contributed by atoms with Crippen molar-refractivity contribution in [2.75, 3.05) is 40.5 Å². The van der Waals surface area contributed by atoms with Crippen LogP contribution < -0.4 is 5.32 Å². The zero-order valence-corrected chi connectivity index (χ0v) is 11.0. The predicted molar refractivity (Wildman–Crippen MR) is 63.6 cm³/mol. The summed E-state index contributed by atoms with van der Waals surface area (Å²) in [5, 5.41) is 2.76. The fraction of sp³-hybridized carbons (Fsp3) is 0.818. The van der Waals surface area contributed by atoms with Gasteiger partial charge in [-0.3, -0.25) is 14.5 Å². The van der Waals surface area contributed by atoms with Gasteiger partial charge in [-0.25, -0.2) is 0 Å². The van der Waals surface area contributed by atoms with Gasteiger partial charge in [0.05, 0.1) is 26.3 Å². The van der Waals surface area contributed by atoms with Crippen LogP contribution in [0.3, 0.4) is 0 Å². The molecule has 0 aliphatic heterocycles. The molecule has 0 saturated carbocycles. The highest BCUT2D eigenvalue weighted by molar-refractivity contribution is 5.79. The number of nitrogens with one attached hydrogen (secondary N) is 1. The Labute approximate surface area is 102 Å². The normalized spacial score (nSPS) is 12.3. The van der Waals surface area contributed by atoms with Crippen molar-refractivity contribution in [2.24, 2.45) is 0 Å². The van der Waals surface area contributed by atoms with Gasteiger partial charge in [-0.1, -0.05) is 0 Å². The largest absolute Gasteiger partial charge is 0.465 e. The number of amides is 1. The maximum atomic E-state index is 11.5. The van der Waals surface area contributed by atoms with Gasteiger partial charge in [0, 0.05) is 13.2 Å². The molecule has 0 spiro atoms. The first-order valence-electron chi connectivity index (χ1n) is 5.62. The molecule has 0 rings (SSSR count). The second-order valence-electron chi connectivity index (χ2n) is 3.90. The Kier molecular flexibility index (Phi) is 8.35. The molecule has 0 radical (unpaired) electrons. The molecule has 6 nitrogen and oxygen atoms in total. The first-order valence-corrected chi connectivity index (χ1v) is 5.62. The van der Waals surface area contributed by atoms with E-state index in [1.165, 1.54) is 0 Å².